The van der Waals surface area contributed by atoms with E-state index in [4.69, 9.17) is 0 Å². The quantitative estimate of drug-likeness (QED) is 0.296. The molecule has 0 saturated carbocycles. The number of piperidine rings is 2. The first-order valence-corrected chi connectivity index (χ1v) is 13.4. The van der Waals surface area contributed by atoms with Crippen LogP contribution in [0.1, 0.15) is 54.4 Å². The molecule has 4 rings (SSSR count). The topological polar surface area (TPSA) is 82.6 Å². The first-order valence-electron chi connectivity index (χ1n) is 12.7. The minimum atomic E-state index is -4.48. The first kappa shape index (κ1) is 28.6. The van der Waals surface area contributed by atoms with Crippen molar-refractivity contribution in [2.45, 2.75) is 57.8 Å². The van der Waals surface area contributed by atoms with Crippen molar-refractivity contribution in [1.82, 2.24) is 15.2 Å². The molecular formula is C28H28BrF3N4O3. The molecule has 1 atom stereocenters. The summed E-state index contributed by atoms with van der Waals surface area (Å²) in [5.41, 5.74) is 1.84. The molecule has 0 aliphatic carbocycles. The zero-order valence-electron chi connectivity index (χ0n) is 21.4. The Morgan fingerprint density at radius 3 is 2.62 bits per heavy atom. The molecule has 1 aromatic heterocycles. The summed E-state index contributed by atoms with van der Waals surface area (Å²) in [7, 11) is 0. The van der Waals surface area contributed by atoms with E-state index in [1.807, 2.05) is 25.1 Å². The van der Waals surface area contributed by atoms with Gasteiger partial charge < -0.3 is 9.80 Å². The van der Waals surface area contributed by atoms with Crippen LogP contribution < -0.4 is 10.2 Å². The standard InChI is InChI=1S/C28H28BrF3N4O3/c1-18-5-6-20(13-21(18)16-36(17-37)24-7-8-25(38)34-27(24)39)4-2-3-19-9-11-35(12-10-19)26-23(28(30,31)32)14-22(29)15-33-26/h5-6,13-15,17,19,24H,3,7-12,16H2,1H3,(H,34,38,39). The smallest absolute Gasteiger partial charge is 0.356 e. The number of halogens is 4. The molecule has 0 spiro atoms. The van der Waals surface area contributed by atoms with Gasteiger partial charge in [-0.05, 0) is 77.4 Å². The van der Waals surface area contributed by atoms with Crippen LogP contribution in [0.5, 0.6) is 0 Å². The number of carbonyl (C=O) groups excluding carboxylic acids is 3. The summed E-state index contributed by atoms with van der Waals surface area (Å²) < 4.78 is 40.8. The van der Waals surface area contributed by atoms with Gasteiger partial charge in [0.15, 0.2) is 0 Å². The molecule has 3 amide bonds. The van der Waals surface area contributed by atoms with Gasteiger partial charge in [-0.25, -0.2) is 4.98 Å². The molecule has 39 heavy (non-hydrogen) atoms. The van der Waals surface area contributed by atoms with Gasteiger partial charge in [0.05, 0.1) is 5.56 Å². The van der Waals surface area contributed by atoms with Crippen molar-refractivity contribution in [3.8, 4) is 11.8 Å². The van der Waals surface area contributed by atoms with Gasteiger partial charge in [-0.3, -0.25) is 19.7 Å². The Hall–Kier alpha value is -3.39. The lowest BCUT2D eigenvalue weighted by Gasteiger charge is -2.33. The average Bonchev–Trinajstić information content (AvgIpc) is 2.89. The summed E-state index contributed by atoms with van der Waals surface area (Å²) in [5, 5.41) is 2.28. The maximum atomic E-state index is 13.5. The van der Waals surface area contributed by atoms with E-state index in [1.54, 1.807) is 4.90 Å². The molecule has 0 radical (unpaired) electrons. The summed E-state index contributed by atoms with van der Waals surface area (Å²) in [6.45, 7) is 3.08. The van der Waals surface area contributed by atoms with Crippen LogP contribution >= 0.6 is 15.9 Å². The van der Waals surface area contributed by atoms with Crippen LogP contribution in [0.3, 0.4) is 0 Å². The van der Waals surface area contributed by atoms with Crippen LogP contribution in [0.25, 0.3) is 0 Å². The van der Waals surface area contributed by atoms with Crippen LogP contribution in [0.15, 0.2) is 34.9 Å². The fourth-order valence-electron chi connectivity index (χ4n) is 4.87. The second kappa shape index (κ2) is 12.2. The van der Waals surface area contributed by atoms with Gasteiger partial charge in [0.25, 0.3) is 0 Å². The van der Waals surface area contributed by atoms with Gasteiger partial charge in [0.1, 0.15) is 11.9 Å². The van der Waals surface area contributed by atoms with Gasteiger partial charge in [0, 0.05) is 48.7 Å². The summed E-state index contributed by atoms with van der Waals surface area (Å²) in [6, 6.07) is 6.07. The van der Waals surface area contributed by atoms with Gasteiger partial charge in [-0.1, -0.05) is 17.9 Å². The summed E-state index contributed by atoms with van der Waals surface area (Å²) in [6.07, 6.45) is 0.0537. The summed E-state index contributed by atoms with van der Waals surface area (Å²) in [4.78, 5) is 42.5. The second-order valence-electron chi connectivity index (χ2n) is 9.84. The molecule has 2 aromatic rings. The minimum Gasteiger partial charge on any atom is -0.356 e. The van der Waals surface area contributed by atoms with Gasteiger partial charge >= 0.3 is 6.18 Å². The van der Waals surface area contributed by atoms with Crippen molar-refractivity contribution in [2.24, 2.45) is 5.92 Å². The van der Waals surface area contributed by atoms with Crippen molar-refractivity contribution in [3.05, 3.63) is 57.2 Å². The molecule has 3 heterocycles. The highest BCUT2D eigenvalue weighted by Crippen LogP contribution is 2.38. The highest BCUT2D eigenvalue weighted by molar-refractivity contribution is 9.10. The maximum Gasteiger partial charge on any atom is 0.419 e. The predicted molar refractivity (Wildman–Crippen MR) is 142 cm³/mol. The number of anilines is 1. The molecule has 2 saturated heterocycles. The van der Waals surface area contributed by atoms with Crippen LogP contribution in [-0.2, 0) is 27.1 Å². The van der Waals surface area contributed by atoms with Gasteiger partial charge in [-0.15, -0.1) is 0 Å². The zero-order valence-corrected chi connectivity index (χ0v) is 22.9. The number of carbonyl (C=O) groups is 3. The van der Waals surface area contributed by atoms with E-state index < -0.39 is 23.7 Å². The lowest BCUT2D eigenvalue weighted by molar-refractivity contribution is -0.141. The van der Waals surface area contributed by atoms with Crippen molar-refractivity contribution in [3.63, 3.8) is 0 Å². The number of amides is 3. The molecular weight excluding hydrogens is 577 g/mol. The number of alkyl halides is 3. The van der Waals surface area contributed by atoms with Gasteiger partial charge in [-0.2, -0.15) is 13.2 Å². The molecule has 2 aliphatic heterocycles. The van der Waals surface area contributed by atoms with Crippen LogP contribution in [-0.4, -0.2) is 47.2 Å². The Balaban J connectivity index is 1.36. The van der Waals surface area contributed by atoms with Crippen LogP contribution in [0.2, 0.25) is 0 Å². The number of imide groups is 1. The number of hydrogen-bond donors (Lipinski definition) is 1. The highest BCUT2D eigenvalue weighted by Gasteiger charge is 2.37. The molecule has 11 heteroatoms. The number of nitrogens with one attached hydrogen (secondary N) is 1. The zero-order chi connectivity index (χ0) is 28.2. The largest absolute Gasteiger partial charge is 0.419 e. The monoisotopic (exact) mass is 604 g/mol. The molecule has 7 nitrogen and oxygen atoms in total. The molecule has 1 unspecified atom stereocenters. The summed E-state index contributed by atoms with van der Waals surface area (Å²) >= 11 is 3.07. The van der Waals surface area contributed by atoms with E-state index >= 15 is 0 Å². The number of rotatable bonds is 6. The third kappa shape index (κ3) is 7.18. The fourth-order valence-corrected chi connectivity index (χ4v) is 5.21. The predicted octanol–water partition coefficient (Wildman–Crippen LogP) is 4.59. The Morgan fingerprint density at radius 2 is 1.95 bits per heavy atom. The molecule has 0 bridgehead atoms. The van der Waals surface area contributed by atoms with Gasteiger partial charge in [0.2, 0.25) is 18.2 Å². The van der Waals surface area contributed by atoms with Crippen molar-refractivity contribution < 1.29 is 27.6 Å². The number of aryl methyl sites for hydroxylation is 1. The van der Waals surface area contributed by atoms with E-state index in [-0.39, 0.29) is 41.5 Å². The van der Waals surface area contributed by atoms with E-state index in [0.717, 1.165) is 22.8 Å². The van der Waals surface area contributed by atoms with Crippen LogP contribution in [0, 0.1) is 24.7 Å². The number of benzene rings is 1. The summed E-state index contributed by atoms with van der Waals surface area (Å²) in [5.74, 6) is 5.79. The van der Waals surface area contributed by atoms with E-state index in [1.165, 1.54) is 11.1 Å². The van der Waals surface area contributed by atoms with E-state index in [2.05, 4.69) is 38.1 Å². The fraction of sp³-hybridized carbons (Fsp3) is 0.429. The normalized spacial score (nSPS) is 18.3. The molecule has 206 valence electrons. The Morgan fingerprint density at radius 1 is 1.21 bits per heavy atom. The number of aromatic nitrogens is 1. The highest BCUT2D eigenvalue weighted by atomic mass is 79.9. The Kier molecular flexibility index (Phi) is 8.95. The molecule has 2 fully saturated rings. The number of pyridine rings is 1. The maximum absolute atomic E-state index is 13.5. The third-order valence-corrected chi connectivity index (χ3v) is 7.56. The number of hydrogen-bond acceptors (Lipinski definition) is 5. The van der Waals surface area contributed by atoms with Crippen molar-refractivity contribution in [2.75, 3.05) is 18.0 Å². The lowest BCUT2D eigenvalue weighted by Crippen LogP contribution is -2.51. The minimum absolute atomic E-state index is 0.0379. The number of nitrogens with zero attached hydrogens (tertiary/aromatic N) is 3. The third-order valence-electron chi connectivity index (χ3n) is 7.12. The second-order valence-corrected chi connectivity index (χ2v) is 10.8. The molecule has 1 aromatic carbocycles. The SMILES string of the molecule is Cc1ccc(C#CCC2CCN(c3ncc(Br)cc3C(F)(F)F)CC2)cc1CN(C=O)C1CCC(=O)NC1=O. The Labute approximate surface area is 233 Å². The van der Waals surface area contributed by atoms with E-state index in [9.17, 15) is 27.6 Å². The first-order chi connectivity index (χ1) is 18.5. The molecule has 1 N–H and O–H groups in total. The lowest BCUT2D eigenvalue weighted by atomic mass is 9.93. The van der Waals surface area contributed by atoms with Crippen LogP contribution in [0.4, 0.5) is 19.0 Å². The Bertz CT molecular complexity index is 1310. The van der Waals surface area contributed by atoms with E-state index in [0.29, 0.717) is 38.8 Å². The molecule has 2 aliphatic rings. The van der Waals surface area contributed by atoms with Crippen molar-refractivity contribution in [1.29, 1.82) is 0 Å². The van der Waals surface area contributed by atoms with Crippen molar-refractivity contribution >= 4 is 40.0 Å². The average molecular weight is 605 g/mol.